The number of carbonyl (C=O) groups excluding carboxylic acids is 1. The van der Waals surface area contributed by atoms with Crippen LogP contribution in [-0.4, -0.2) is 51.3 Å². The van der Waals surface area contributed by atoms with Crippen molar-refractivity contribution < 1.29 is 9.53 Å². The van der Waals surface area contributed by atoms with E-state index >= 15 is 0 Å². The van der Waals surface area contributed by atoms with Gasteiger partial charge in [0.25, 0.3) is 0 Å². The zero-order chi connectivity index (χ0) is 15.5. The number of benzene rings is 1. The van der Waals surface area contributed by atoms with Gasteiger partial charge in [0, 0.05) is 6.54 Å². The molecule has 0 aromatic heterocycles. The first-order chi connectivity index (χ1) is 10.1. The highest BCUT2D eigenvalue weighted by Gasteiger charge is 2.00. The Morgan fingerprint density at radius 2 is 2.00 bits per heavy atom. The fourth-order valence-electron chi connectivity index (χ4n) is 1.85. The first kappa shape index (κ1) is 17.3. The van der Waals surface area contributed by atoms with E-state index in [-0.39, 0.29) is 6.03 Å². The highest BCUT2D eigenvalue weighted by Crippen LogP contribution is 2.13. The average molecular weight is 293 g/mol. The fourth-order valence-corrected chi connectivity index (χ4v) is 1.85. The third kappa shape index (κ3) is 8.19. The molecule has 5 heteroatoms. The second kappa shape index (κ2) is 10.0. The monoisotopic (exact) mass is 293 g/mol. The van der Waals surface area contributed by atoms with Crippen LogP contribution in [0.2, 0.25) is 0 Å². The molecule has 5 nitrogen and oxygen atoms in total. The lowest BCUT2D eigenvalue weighted by molar-refractivity contribution is 0.236. The van der Waals surface area contributed by atoms with Gasteiger partial charge in [0.15, 0.2) is 0 Å². The summed E-state index contributed by atoms with van der Waals surface area (Å²) in [6.07, 6.45) is 1.94. The van der Waals surface area contributed by atoms with Crippen molar-refractivity contribution in [2.75, 3.05) is 40.3 Å². The number of amides is 2. The van der Waals surface area contributed by atoms with Crippen molar-refractivity contribution in [1.82, 2.24) is 15.5 Å². The molecule has 0 unspecified atom stereocenters. The van der Waals surface area contributed by atoms with Crippen LogP contribution >= 0.6 is 0 Å². The number of rotatable bonds is 9. The maximum absolute atomic E-state index is 11.5. The van der Waals surface area contributed by atoms with Gasteiger partial charge in [-0.25, -0.2) is 4.79 Å². The molecule has 0 saturated carbocycles. The third-order valence-electron chi connectivity index (χ3n) is 3.03. The van der Waals surface area contributed by atoms with Gasteiger partial charge in [-0.05, 0) is 51.2 Å². The van der Waals surface area contributed by atoms with E-state index in [0.717, 1.165) is 25.1 Å². The highest BCUT2D eigenvalue weighted by atomic mass is 16.5. The van der Waals surface area contributed by atoms with Crippen LogP contribution in [0.25, 0.3) is 0 Å². The summed E-state index contributed by atoms with van der Waals surface area (Å²) in [5.74, 6) is 0.850. The lowest BCUT2D eigenvalue weighted by Crippen LogP contribution is -2.38. The maximum atomic E-state index is 11.5. The number of nitrogens with zero attached hydrogens (tertiary/aromatic N) is 1. The zero-order valence-corrected chi connectivity index (χ0v) is 13.3. The molecule has 118 valence electrons. The summed E-state index contributed by atoms with van der Waals surface area (Å²) in [6.45, 7) is 4.73. The van der Waals surface area contributed by atoms with Gasteiger partial charge in [-0.3, -0.25) is 0 Å². The topological polar surface area (TPSA) is 53.6 Å². The van der Waals surface area contributed by atoms with Crippen LogP contribution in [0.1, 0.15) is 18.9 Å². The van der Waals surface area contributed by atoms with Crippen LogP contribution in [0.3, 0.4) is 0 Å². The van der Waals surface area contributed by atoms with Crippen molar-refractivity contribution in [2.45, 2.75) is 19.8 Å². The highest BCUT2D eigenvalue weighted by molar-refractivity contribution is 5.73. The Kier molecular flexibility index (Phi) is 8.28. The van der Waals surface area contributed by atoms with Crippen LogP contribution in [-0.2, 0) is 6.42 Å². The molecule has 2 amide bonds. The predicted octanol–water partition coefficient (Wildman–Crippen LogP) is 1.88. The van der Waals surface area contributed by atoms with E-state index in [1.165, 1.54) is 5.56 Å². The second-order valence-electron chi connectivity index (χ2n) is 5.19. The van der Waals surface area contributed by atoms with E-state index in [2.05, 4.69) is 28.5 Å². The molecule has 0 saturated heterocycles. The Morgan fingerprint density at radius 3 is 2.71 bits per heavy atom. The molecular formula is C16H27N3O2. The first-order valence-corrected chi connectivity index (χ1v) is 7.50. The predicted molar refractivity (Wildman–Crippen MR) is 85.9 cm³/mol. The summed E-state index contributed by atoms with van der Waals surface area (Å²) in [6, 6.07) is 7.88. The van der Waals surface area contributed by atoms with Crippen molar-refractivity contribution in [3.63, 3.8) is 0 Å². The number of carbonyl (C=O) groups is 1. The van der Waals surface area contributed by atoms with Crippen LogP contribution < -0.4 is 15.4 Å². The Hall–Kier alpha value is -1.75. The summed E-state index contributed by atoms with van der Waals surface area (Å²) in [5.41, 5.74) is 1.25. The smallest absolute Gasteiger partial charge is 0.314 e. The van der Waals surface area contributed by atoms with Crippen molar-refractivity contribution in [1.29, 1.82) is 0 Å². The number of urea groups is 1. The van der Waals surface area contributed by atoms with Crippen molar-refractivity contribution in [3.8, 4) is 5.75 Å². The molecule has 0 radical (unpaired) electrons. The molecule has 0 aliphatic rings. The first-order valence-electron chi connectivity index (χ1n) is 7.50. The SMILES string of the molecule is CCc1cccc(OCCNC(=O)NCCCN(C)C)c1. The molecule has 0 aliphatic heterocycles. The average Bonchev–Trinajstić information content (AvgIpc) is 2.48. The van der Waals surface area contributed by atoms with Crippen LogP contribution in [0.5, 0.6) is 5.75 Å². The van der Waals surface area contributed by atoms with Crippen molar-refractivity contribution in [3.05, 3.63) is 29.8 Å². The molecule has 0 spiro atoms. The molecule has 1 aromatic rings. The Morgan fingerprint density at radius 1 is 1.24 bits per heavy atom. The minimum atomic E-state index is -0.139. The maximum Gasteiger partial charge on any atom is 0.314 e. The van der Waals surface area contributed by atoms with Gasteiger partial charge in [0.2, 0.25) is 0 Å². The quantitative estimate of drug-likeness (QED) is 0.684. The van der Waals surface area contributed by atoms with E-state index in [0.29, 0.717) is 19.7 Å². The fraction of sp³-hybridized carbons (Fsp3) is 0.562. The van der Waals surface area contributed by atoms with Crippen molar-refractivity contribution >= 4 is 6.03 Å². The lowest BCUT2D eigenvalue weighted by atomic mass is 10.2. The number of nitrogens with one attached hydrogen (secondary N) is 2. The molecular weight excluding hydrogens is 266 g/mol. The third-order valence-corrected chi connectivity index (χ3v) is 3.03. The largest absolute Gasteiger partial charge is 0.492 e. The van der Waals surface area contributed by atoms with E-state index in [9.17, 15) is 4.79 Å². The number of aryl methyl sites for hydroxylation is 1. The number of ether oxygens (including phenoxy) is 1. The molecule has 2 N–H and O–H groups in total. The number of hydrogen-bond acceptors (Lipinski definition) is 3. The van der Waals surface area contributed by atoms with E-state index in [1.54, 1.807) is 0 Å². The summed E-state index contributed by atoms with van der Waals surface area (Å²) >= 11 is 0. The second-order valence-corrected chi connectivity index (χ2v) is 5.19. The standard InChI is InChI=1S/C16H27N3O2/c1-4-14-7-5-8-15(13-14)21-12-10-18-16(20)17-9-6-11-19(2)3/h5,7-8,13H,4,6,9-12H2,1-3H3,(H2,17,18,20). The Labute approximate surface area is 127 Å². The molecule has 0 bridgehead atoms. The lowest BCUT2D eigenvalue weighted by Gasteiger charge is -2.11. The van der Waals surface area contributed by atoms with E-state index in [4.69, 9.17) is 4.74 Å². The Balaban J connectivity index is 2.09. The summed E-state index contributed by atoms with van der Waals surface area (Å²) in [5, 5.41) is 5.60. The Bertz CT molecular complexity index is 422. The zero-order valence-electron chi connectivity index (χ0n) is 13.3. The molecule has 1 rings (SSSR count). The molecule has 0 heterocycles. The summed E-state index contributed by atoms with van der Waals surface area (Å²) in [7, 11) is 4.04. The van der Waals surface area contributed by atoms with E-state index < -0.39 is 0 Å². The van der Waals surface area contributed by atoms with Crippen LogP contribution in [0, 0.1) is 0 Å². The van der Waals surface area contributed by atoms with Gasteiger partial charge in [-0.1, -0.05) is 19.1 Å². The molecule has 21 heavy (non-hydrogen) atoms. The summed E-state index contributed by atoms with van der Waals surface area (Å²) in [4.78, 5) is 13.6. The normalized spacial score (nSPS) is 10.5. The van der Waals surface area contributed by atoms with Crippen molar-refractivity contribution in [2.24, 2.45) is 0 Å². The minimum Gasteiger partial charge on any atom is -0.492 e. The van der Waals surface area contributed by atoms with Gasteiger partial charge in [0.1, 0.15) is 12.4 Å². The molecule has 0 fully saturated rings. The van der Waals surface area contributed by atoms with Gasteiger partial charge >= 0.3 is 6.03 Å². The number of hydrogen-bond donors (Lipinski definition) is 2. The van der Waals surface area contributed by atoms with Gasteiger partial charge < -0.3 is 20.3 Å². The van der Waals surface area contributed by atoms with Gasteiger partial charge in [-0.15, -0.1) is 0 Å². The van der Waals surface area contributed by atoms with E-state index in [1.807, 2.05) is 32.3 Å². The molecule has 0 atom stereocenters. The summed E-state index contributed by atoms with van der Waals surface area (Å²) < 4.78 is 5.61. The molecule has 1 aromatic carbocycles. The minimum absolute atomic E-state index is 0.139. The van der Waals surface area contributed by atoms with Gasteiger partial charge in [0.05, 0.1) is 6.54 Å². The van der Waals surface area contributed by atoms with Crippen LogP contribution in [0.4, 0.5) is 4.79 Å². The molecule has 0 aliphatic carbocycles. The van der Waals surface area contributed by atoms with Crippen LogP contribution in [0.15, 0.2) is 24.3 Å². The van der Waals surface area contributed by atoms with Gasteiger partial charge in [-0.2, -0.15) is 0 Å².